The lowest BCUT2D eigenvalue weighted by Crippen LogP contribution is -2.34. The Bertz CT molecular complexity index is 788. The van der Waals surface area contributed by atoms with Crippen LogP contribution in [0.2, 0.25) is 0 Å². The standard InChI is InChI=1S/C31H45FO/c1-3-5-7-8-23-9-10-28-21-27(16-15-26(28)20-23)24-11-13-25(14-12-24)29-17-18-31(30(32)22-29)33-19-6-4-2/h3-6,17-18,22-28H,7-16,19-21H2,1-2H3/b5-3+,6-4+. The zero-order valence-electron chi connectivity index (χ0n) is 21.0. The summed E-state index contributed by atoms with van der Waals surface area (Å²) in [5.41, 5.74) is 1.17. The van der Waals surface area contributed by atoms with E-state index in [1.807, 2.05) is 25.1 Å². The van der Waals surface area contributed by atoms with Gasteiger partial charge in [0, 0.05) is 0 Å². The van der Waals surface area contributed by atoms with Crippen LogP contribution in [0.15, 0.2) is 42.5 Å². The van der Waals surface area contributed by atoms with Crippen LogP contribution in [0.5, 0.6) is 5.75 Å². The molecule has 182 valence electrons. The molecular weight excluding hydrogens is 407 g/mol. The van der Waals surface area contributed by atoms with E-state index in [0.29, 0.717) is 18.3 Å². The third-order valence-corrected chi connectivity index (χ3v) is 9.18. The van der Waals surface area contributed by atoms with Gasteiger partial charge < -0.3 is 4.74 Å². The van der Waals surface area contributed by atoms with Crippen LogP contribution >= 0.6 is 0 Å². The Hall–Kier alpha value is -1.57. The molecule has 1 aromatic rings. The second-order valence-corrected chi connectivity index (χ2v) is 11.1. The molecular formula is C31H45FO. The van der Waals surface area contributed by atoms with Gasteiger partial charge in [-0.3, -0.25) is 0 Å². The number of fused-ring (bicyclic) bond motifs is 1. The van der Waals surface area contributed by atoms with Crippen LogP contribution in [0, 0.1) is 35.4 Å². The van der Waals surface area contributed by atoms with Crippen LogP contribution in [0.1, 0.15) is 102 Å². The SMILES string of the molecule is C/C=C/CCC1CCC2CC(C3CCC(c4ccc(OC/C=C/C)c(F)c4)CC3)CCC2C1. The first-order valence-corrected chi connectivity index (χ1v) is 13.8. The summed E-state index contributed by atoms with van der Waals surface area (Å²) in [5, 5.41) is 0. The number of benzene rings is 1. The molecule has 2 heteroatoms. The molecule has 4 atom stereocenters. The lowest BCUT2D eigenvalue weighted by molar-refractivity contribution is 0.0621. The highest BCUT2D eigenvalue weighted by Gasteiger charge is 2.38. The van der Waals surface area contributed by atoms with Crippen molar-refractivity contribution in [1.82, 2.24) is 0 Å². The molecule has 0 N–H and O–H groups in total. The number of rotatable bonds is 8. The Kier molecular flexibility index (Phi) is 9.10. The molecule has 0 heterocycles. The first-order valence-electron chi connectivity index (χ1n) is 13.8. The first-order chi connectivity index (χ1) is 16.2. The van der Waals surface area contributed by atoms with Gasteiger partial charge in [0.2, 0.25) is 0 Å². The topological polar surface area (TPSA) is 9.23 Å². The summed E-state index contributed by atoms with van der Waals surface area (Å²) in [4.78, 5) is 0. The molecule has 33 heavy (non-hydrogen) atoms. The van der Waals surface area contributed by atoms with Gasteiger partial charge in [-0.1, -0.05) is 36.8 Å². The van der Waals surface area contributed by atoms with Gasteiger partial charge in [0.05, 0.1) is 0 Å². The monoisotopic (exact) mass is 452 g/mol. The maximum absolute atomic E-state index is 14.5. The van der Waals surface area contributed by atoms with Gasteiger partial charge in [-0.25, -0.2) is 4.39 Å². The van der Waals surface area contributed by atoms with E-state index in [9.17, 15) is 4.39 Å². The minimum Gasteiger partial charge on any atom is -0.486 e. The zero-order chi connectivity index (χ0) is 23.0. The van der Waals surface area contributed by atoms with E-state index < -0.39 is 0 Å². The van der Waals surface area contributed by atoms with Crippen LogP contribution in [0.3, 0.4) is 0 Å². The predicted octanol–water partition coefficient (Wildman–Crippen LogP) is 9.24. The summed E-state index contributed by atoms with van der Waals surface area (Å²) in [5.74, 6) is 5.53. The van der Waals surface area contributed by atoms with Crippen molar-refractivity contribution in [2.75, 3.05) is 6.61 Å². The lowest BCUT2D eigenvalue weighted by atomic mass is 9.60. The molecule has 3 aliphatic rings. The summed E-state index contributed by atoms with van der Waals surface area (Å²) in [6, 6.07) is 5.66. The lowest BCUT2D eigenvalue weighted by Gasteiger charge is -2.45. The van der Waals surface area contributed by atoms with Crippen LogP contribution in [-0.4, -0.2) is 6.61 Å². The molecule has 0 radical (unpaired) electrons. The molecule has 1 nitrogen and oxygen atoms in total. The minimum absolute atomic E-state index is 0.209. The van der Waals surface area contributed by atoms with Crippen molar-refractivity contribution in [3.8, 4) is 5.75 Å². The number of hydrogen-bond acceptors (Lipinski definition) is 1. The number of ether oxygens (including phenoxy) is 1. The smallest absolute Gasteiger partial charge is 0.165 e. The first kappa shape index (κ1) is 24.6. The predicted molar refractivity (Wildman–Crippen MR) is 137 cm³/mol. The molecule has 0 amide bonds. The number of hydrogen-bond donors (Lipinski definition) is 0. The van der Waals surface area contributed by atoms with Crippen LogP contribution in [-0.2, 0) is 0 Å². The van der Waals surface area contributed by atoms with Crippen LogP contribution in [0.25, 0.3) is 0 Å². The van der Waals surface area contributed by atoms with E-state index in [1.54, 1.807) is 6.07 Å². The van der Waals surface area contributed by atoms with Crippen molar-refractivity contribution in [3.05, 3.63) is 53.9 Å². The molecule has 0 aliphatic heterocycles. The highest BCUT2D eigenvalue weighted by molar-refractivity contribution is 5.31. The Labute approximate surface area is 201 Å². The highest BCUT2D eigenvalue weighted by atomic mass is 19.1. The summed E-state index contributed by atoms with van der Waals surface area (Å²) in [7, 11) is 0. The maximum Gasteiger partial charge on any atom is 0.165 e. The van der Waals surface area contributed by atoms with Gasteiger partial charge >= 0.3 is 0 Å². The van der Waals surface area contributed by atoms with Crippen molar-refractivity contribution < 1.29 is 9.13 Å². The fraction of sp³-hybridized carbons (Fsp3) is 0.677. The van der Waals surface area contributed by atoms with E-state index >= 15 is 0 Å². The van der Waals surface area contributed by atoms with Crippen LogP contribution < -0.4 is 4.74 Å². The summed E-state index contributed by atoms with van der Waals surface area (Å²) >= 11 is 0. The number of halogens is 1. The van der Waals surface area contributed by atoms with Gasteiger partial charge in [-0.15, -0.1) is 0 Å². The molecule has 4 rings (SSSR count). The van der Waals surface area contributed by atoms with Gasteiger partial charge in [-0.2, -0.15) is 0 Å². The summed E-state index contributed by atoms with van der Waals surface area (Å²) in [6.07, 6.45) is 25.1. The molecule has 1 aromatic carbocycles. The maximum atomic E-state index is 14.5. The summed E-state index contributed by atoms with van der Waals surface area (Å²) < 4.78 is 20.0. The van der Waals surface area contributed by atoms with Crippen molar-refractivity contribution in [2.45, 2.75) is 96.8 Å². The van der Waals surface area contributed by atoms with E-state index in [2.05, 4.69) is 25.1 Å². The Morgan fingerprint density at radius 3 is 2.21 bits per heavy atom. The van der Waals surface area contributed by atoms with Gasteiger partial charge in [0.1, 0.15) is 6.61 Å². The number of allylic oxidation sites excluding steroid dienone is 3. The van der Waals surface area contributed by atoms with E-state index in [-0.39, 0.29) is 5.82 Å². The molecule has 3 saturated carbocycles. The highest BCUT2D eigenvalue weighted by Crippen LogP contribution is 2.50. The molecule has 3 aliphatic carbocycles. The molecule has 4 unspecified atom stereocenters. The second-order valence-electron chi connectivity index (χ2n) is 11.1. The Morgan fingerprint density at radius 2 is 1.48 bits per heavy atom. The van der Waals surface area contributed by atoms with Crippen molar-refractivity contribution in [3.63, 3.8) is 0 Å². The van der Waals surface area contributed by atoms with Gasteiger partial charge in [0.25, 0.3) is 0 Å². The Balaban J connectivity index is 1.23. The summed E-state index contributed by atoms with van der Waals surface area (Å²) in [6.45, 7) is 4.52. The van der Waals surface area contributed by atoms with Crippen molar-refractivity contribution >= 4 is 0 Å². The van der Waals surface area contributed by atoms with Crippen molar-refractivity contribution in [2.24, 2.45) is 29.6 Å². The normalized spacial score (nSPS) is 32.8. The van der Waals surface area contributed by atoms with E-state index in [0.717, 1.165) is 29.6 Å². The molecule has 0 aromatic heterocycles. The quantitative estimate of drug-likeness (QED) is 0.357. The second kappa shape index (κ2) is 12.2. The molecule has 0 spiro atoms. The fourth-order valence-corrected chi connectivity index (χ4v) is 7.26. The van der Waals surface area contributed by atoms with E-state index in [4.69, 9.17) is 4.74 Å². The van der Waals surface area contributed by atoms with E-state index in [1.165, 1.54) is 82.6 Å². The fourth-order valence-electron chi connectivity index (χ4n) is 7.26. The minimum atomic E-state index is -0.209. The van der Waals surface area contributed by atoms with Gasteiger partial charge in [-0.05, 0) is 138 Å². The third-order valence-electron chi connectivity index (χ3n) is 9.18. The van der Waals surface area contributed by atoms with Crippen LogP contribution in [0.4, 0.5) is 4.39 Å². The van der Waals surface area contributed by atoms with Gasteiger partial charge in [0.15, 0.2) is 11.6 Å². The Morgan fingerprint density at radius 1 is 0.818 bits per heavy atom. The average molecular weight is 453 g/mol. The average Bonchev–Trinajstić information content (AvgIpc) is 2.85. The third kappa shape index (κ3) is 6.52. The molecule has 0 bridgehead atoms. The largest absolute Gasteiger partial charge is 0.486 e. The van der Waals surface area contributed by atoms with Crippen molar-refractivity contribution in [1.29, 1.82) is 0 Å². The molecule has 3 fully saturated rings. The zero-order valence-corrected chi connectivity index (χ0v) is 21.0. The molecule has 0 saturated heterocycles.